The van der Waals surface area contributed by atoms with Gasteiger partial charge in [-0.05, 0) is 69.6 Å². The van der Waals surface area contributed by atoms with Crippen LogP contribution in [-0.4, -0.2) is 41.9 Å². The zero-order chi connectivity index (χ0) is 21.7. The first-order chi connectivity index (χ1) is 14.8. The van der Waals surface area contributed by atoms with E-state index >= 15 is 0 Å². The Morgan fingerprint density at radius 3 is 2.58 bits per heavy atom. The predicted molar refractivity (Wildman–Crippen MR) is 129 cm³/mol. The molecule has 1 aliphatic carbocycles. The zero-order valence-corrected chi connectivity index (χ0v) is 20.8. The summed E-state index contributed by atoms with van der Waals surface area (Å²) in [6.07, 6.45) is 10.1. The molecule has 2 bridgehead atoms. The lowest BCUT2D eigenvalue weighted by Crippen LogP contribution is -2.49. The van der Waals surface area contributed by atoms with Crippen molar-refractivity contribution < 1.29 is 13.2 Å². The number of rotatable bonds is 4. The van der Waals surface area contributed by atoms with Gasteiger partial charge < -0.3 is 4.74 Å². The van der Waals surface area contributed by atoms with Gasteiger partial charge in [0, 0.05) is 17.5 Å². The fourth-order valence-electron chi connectivity index (χ4n) is 6.19. The number of aryl methyl sites for hydroxylation is 1. The Morgan fingerprint density at radius 1 is 1.10 bits per heavy atom. The van der Waals surface area contributed by atoms with Crippen molar-refractivity contribution in [3.05, 3.63) is 29.8 Å². The molecule has 3 saturated heterocycles. The number of benzene rings is 1. The maximum absolute atomic E-state index is 12.8. The van der Waals surface area contributed by atoms with Gasteiger partial charge in [-0.2, -0.15) is 13.5 Å². The van der Waals surface area contributed by atoms with Crippen molar-refractivity contribution >= 4 is 39.8 Å². The minimum Gasteiger partial charge on any atom is -0.368 e. The maximum Gasteiger partial charge on any atom is 0.276 e. The normalized spacial score (nSPS) is 37.1. The molecule has 5 rings (SSSR count). The van der Waals surface area contributed by atoms with E-state index in [-0.39, 0.29) is 26.1 Å². The summed E-state index contributed by atoms with van der Waals surface area (Å²) in [4.78, 5) is 2.74. The summed E-state index contributed by atoms with van der Waals surface area (Å²) >= 11 is 4.21. The first-order valence-electron chi connectivity index (χ1n) is 11.4. The molecule has 1 aromatic carbocycles. The van der Waals surface area contributed by atoms with Crippen LogP contribution in [0.5, 0.6) is 0 Å². The van der Waals surface area contributed by atoms with E-state index in [1.807, 2.05) is 25.3 Å². The molecule has 0 amide bonds. The van der Waals surface area contributed by atoms with Crippen LogP contribution in [0, 0.1) is 18.3 Å². The fraction of sp³-hybridized carbons (Fsp3) is 0.696. The van der Waals surface area contributed by atoms with Crippen molar-refractivity contribution in [2.45, 2.75) is 79.5 Å². The monoisotopic (exact) mass is 480 g/mol. The number of nitrogens with zero attached hydrogens (tertiary/aromatic N) is 1. The Bertz CT molecular complexity index is 959. The molecule has 0 radical (unpaired) electrons. The van der Waals surface area contributed by atoms with E-state index in [0.29, 0.717) is 5.92 Å². The summed E-state index contributed by atoms with van der Waals surface area (Å²) in [6, 6.07) is 6.87. The van der Waals surface area contributed by atoms with Crippen molar-refractivity contribution in [1.29, 1.82) is 0 Å². The van der Waals surface area contributed by atoms with Crippen LogP contribution in [0.25, 0.3) is 0 Å². The van der Waals surface area contributed by atoms with E-state index < -0.39 is 10.0 Å². The molecule has 1 N–H and O–H groups in total. The summed E-state index contributed by atoms with van der Waals surface area (Å²) in [5, 5.41) is 4.38. The molecular formula is C23H32N2O3S3. The van der Waals surface area contributed by atoms with E-state index in [1.54, 1.807) is 12.1 Å². The smallest absolute Gasteiger partial charge is 0.276 e. The molecule has 1 saturated carbocycles. The van der Waals surface area contributed by atoms with Crippen LogP contribution in [0.2, 0.25) is 0 Å². The number of ether oxygens (including phenoxy) is 1. The number of hydrogen-bond donors (Lipinski definition) is 1. The third kappa shape index (κ3) is 3.56. The SMILES string of the molecule is Cc1ccc(S(=O)(=O)N/N=C/[C@@]23CCCC[C@@H]2[C@@H]2O[C@@]3(C)CCC23SCCCS3)cc1. The topological polar surface area (TPSA) is 67.8 Å². The second-order valence-electron chi connectivity index (χ2n) is 9.69. The minimum atomic E-state index is -3.68. The molecule has 0 unspecified atom stereocenters. The molecule has 8 heteroatoms. The zero-order valence-electron chi connectivity index (χ0n) is 18.3. The van der Waals surface area contributed by atoms with Crippen molar-refractivity contribution in [3.63, 3.8) is 0 Å². The quantitative estimate of drug-likeness (QED) is 0.488. The van der Waals surface area contributed by atoms with Gasteiger partial charge in [0.15, 0.2) is 0 Å². The first-order valence-corrected chi connectivity index (χ1v) is 14.8. The molecule has 4 fully saturated rings. The average molecular weight is 481 g/mol. The Kier molecular flexibility index (Phi) is 5.68. The molecule has 170 valence electrons. The third-order valence-electron chi connectivity index (χ3n) is 7.92. The summed E-state index contributed by atoms with van der Waals surface area (Å²) < 4.78 is 32.6. The highest BCUT2D eigenvalue weighted by Crippen LogP contribution is 2.68. The van der Waals surface area contributed by atoms with Crippen molar-refractivity contribution in [2.24, 2.45) is 16.4 Å². The van der Waals surface area contributed by atoms with Crippen molar-refractivity contribution in [3.8, 4) is 0 Å². The van der Waals surface area contributed by atoms with Crippen molar-refractivity contribution in [2.75, 3.05) is 11.5 Å². The van der Waals surface area contributed by atoms with E-state index in [0.717, 1.165) is 31.2 Å². The Hall–Kier alpha value is -0.700. The molecular weight excluding hydrogens is 448 g/mol. The summed E-state index contributed by atoms with van der Waals surface area (Å²) in [5.74, 6) is 2.83. The number of nitrogens with one attached hydrogen (secondary N) is 1. The number of hydrogen-bond acceptors (Lipinski definition) is 6. The lowest BCUT2D eigenvalue weighted by Gasteiger charge is -2.47. The second kappa shape index (κ2) is 7.96. The predicted octanol–water partition coefficient (Wildman–Crippen LogP) is 4.95. The molecule has 3 aliphatic heterocycles. The molecule has 3 heterocycles. The van der Waals surface area contributed by atoms with Crippen LogP contribution in [0.3, 0.4) is 0 Å². The highest BCUT2D eigenvalue weighted by Gasteiger charge is 2.69. The van der Waals surface area contributed by atoms with Crippen LogP contribution < -0.4 is 4.83 Å². The van der Waals surface area contributed by atoms with Crippen LogP contribution >= 0.6 is 23.5 Å². The number of hydrazone groups is 1. The van der Waals surface area contributed by atoms with Gasteiger partial charge >= 0.3 is 0 Å². The summed E-state index contributed by atoms with van der Waals surface area (Å²) in [6.45, 7) is 4.19. The van der Waals surface area contributed by atoms with Gasteiger partial charge in [0.05, 0.1) is 20.7 Å². The van der Waals surface area contributed by atoms with Gasteiger partial charge in [-0.25, -0.2) is 4.83 Å². The van der Waals surface area contributed by atoms with Gasteiger partial charge in [-0.1, -0.05) is 30.5 Å². The summed E-state index contributed by atoms with van der Waals surface area (Å²) in [7, 11) is -3.68. The minimum absolute atomic E-state index is 0.163. The van der Waals surface area contributed by atoms with Crippen LogP contribution in [0.1, 0.15) is 57.4 Å². The number of fused-ring (bicyclic) bond motifs is 6. The van der Waals surface area contributed by atoms with E-state index in [1.165, 1.54) is 30.8 Å². The molecule has 31 heavy (non-hydrogen) atoms. The highest BCUT2D eigenvalue weighted by molar-refractivity contribution is 8.18. The standard InChI is InChI=1S/C23H32N2O3S3/c1-17-7-9-18(10-8-17)31(26,27)25-24-16-22-11-4-3-6-19(22)20-23(29-14-5-15-30-23)13-12-21(22,2)28-20/h7-10,16,19-20,25H,3-6,11-15H2,1-2H3/b24-16+/t19-,20+,21+,22+/m1/s1. The maximum atomic E-state index is 12.8. The van der Waals surface area contributed by atoms with E-state index in [4.69, 9.17) is 4.74 Å². The van der Waals surface area contributed by atoms with Gasteiger partial charge in [0.1, 0.15) is 0 Å². The van der Waals surface area contributed by atoms with Gasteiger partial charge in [-0.3, -0.25) is 0 Å². The molecule has 0 aromatic heterocycles. The Balaban J connectivity index is 1.43. The van der Waals surface area contributed by atoms with E-state index in [2.05, 4.69) is 40.4 Å². The van der Waals surface area contributed by atoms with Crippen molar-refractivity contribution in [1.82, 2.24) is 4.83 Å². The Labute approximate surface area is 194 Å². The van der Waals surface area contributed by atoms with Crippen LogP contribution in [0.15, 0.2) is 34.3 Å². The first kappa shape index (κ1) is 22.1. The molecule has 1 spiro atoms. The lowest BCUT2D eigenvalue weighted by molar-refractivity contribution is -0.0922. The van der Waals surface area contributed by atoms with Gasteiger partial charge in [0.2, 0.25) is 0 Å². The lowest BCUT2D eigenvalue weighted by atomic mass is 9.59. The fourth-order valence-corrected chi connectivity index (χ4v) is 10.5. The second-order valence-corrected chi connectivity index (χ2v) is 14.5. The van der Waals surface area contributed by atoms with Gasteiger partial charge in [0.25, 0.3) is 10.0 Å². The Morgan fingerprint density at radius 2 is 1.84 bits per heavy atom. The van der Waals surface area contributed by atoms with E-state index in [9.17, 15) is 8.42 Å². The highest BCUT2D eigenvalue weighted by atomic mass is 32.2. The largest absolute Gasteiger partial charge is 0.368 e. The molecule has 1 aromatic rings. The number of sulfonamides is 1. The molecule has 4 aliphatic rings. The molecule has 5 nitrogen and oxygen atoms in total. The van der Waals surface area contributed by atoms with Crippen LogP contribution in [0.4, 0.5) is 0 Å². The third-order valence-corrected chi connectivity index (χ3v) is 12.7. The number of thioether (sulfide) groups is 2. The van der Waals surface area contributed by atoms with Gasteiger partial charge in [-0.15, -0.1) is 23.5 Å². The molecule has 4 atom stereocenters. The summed E-state index contributed by atoms with van der Waals surface area (Å²) in [5.41, 5.74) is 0.557. The average Bonchev–Trinajstić information content (AvgIpc) is 2.99. The van der Waals surface area contributed by atoms with Crippen LogP contribution in [-0.2, 0) is 14.8 Å².